The summed E-state index contributed by atoms with van der Waals surface area (Å²) in [6, 6.07) is 8.21. The molecule has 1 N–H and O–H groups in total. The van der Waals surface area contributed by atoms with E-state index in [4.69, 9.17) is 4.74 Å². The van der Waals surface area contributed by atoms with Crippen molar-refractivity contribution in [1.82, 2.24) is 5.32 Å². The van der Waals surface area contributed by atoms with E-state index in [-0.39, 0.29) is 0 Å². The maximum Gasteiger partial charge on any atom is 0.119 e. The SMILES string of the molecule is CNCCCC(C)Oc1cccc(C)c1. The van der Waals surface area contributed by atoms with Crippen LogP contribution in [-0.4, -0.2) is 19.7 Å². The molecule has 0 aromatic heterocycles. The molecule has 2 heteroatoms. The smallest absolute Gasteiger partial charge is 0.119 e. The van der Waals surface area contributed by atoms with E-state index < -0.39 is 0 Å². The lowest BCUT2D eigenvalue weighted by Gasteiger charge is -2.14. The second-order valence-electron chi connectivity index (χ2n) is 3.99. The van der Waals surface area contributed by atoms with Crippen molar-refractivity contribution in [3.8, 4) is 5.75 Å². The molecular formula is C13H21NO. The fraction of sp³-hybridized carbons (Fsp3) is 0.538. The van der Waals surface area contributed by atoms with Crippen LogP contribution in [0.3, 0.4) is 0 Å². The van der Waals surface area contributed by atoms with Gasteiger partial charge in [0.25, 0.3) is 0 Å². The fourth-order valence-corrected chi connectivity index (χ4v) is 1.55. The first-order chi connectivity index (χ1) is 7.22. The van der Waals surface area contributed by atoms with E-state index in [1.165, 1.54) is 5.56 Å². The average Bonchev–Trinajstić information content (AvgIpc) is 2.18. The third-order valence-corrected chi connectivity index (χ3v) is 2.36. The minimum atomic E-state index is 0.292. The van der Waals surface area contributed by atoms with Gasteiger partial charge in [0.2, 0.25) is 0 Å². The molecule has 1 rings (SSSR count). The van der Waals surface area contributed by atoms with E-state index in [9.17, 15) is 0 Å². The van der Waals surface area contributed by atoms with Crippen LogP contribution in [0.25, 0.3) is 0 Å². The van der Waals surface area contributed by atoms with Gasteiger partial charge in [0.15, 0.2) is 0 Å². The highest BCUT2D eigenvalue weighted by atomic mass is 16.5. The topological polar surface area (TPSA) is 21.3 Å². The Kier molecular flexibility index (Phi) is 5.19. The number of hydrogen-bond acceptors (Lipinski definition) is 2. The molecule has 0 fully saturated rings. The summed E-state index contributed by atoms with van der Waals surface area (Å²) in [4.78, 5) is 0. The van der Waals surface area contributed by atoms with Crippen LogP contribution in [0.5, 0.6) is 5.75 Å². The minimum absolute atomic E-state index is 0.292. The van der Waals surface area contributed by atoms with Crippen LogP contribution in [0.1, 0.15) is 25.3 Å². The van der Waals surface area contributed by atoms with E-state index >= 15 is 0 Å². The van der Waals surface area contributed by atoms with E-state index in [1.807, 2.05) is 19.2 Å². The first-order valence-electron chi connectivity index (χ1n) is 5.60. The van der Waals surface area contributed by atoms with Gasteiger partial charge in [-0.2, -0.15) is 0 Å². The van der Waals surface area contributed by atoms with Gasteiger partial charge in [-0.05, 0) is 58.0 Å². The molecule has 0 amide bonds. The van der Waals surface area contributed by atoms with Gasteiger partial charge in [-0.3, -0.25) is 0 Å². The summed E-state index contributed by atoms with van der Waals surface area (Å²) < 4.78 is 5.81. The Morgan fingerprint density at radius 1 is 1.40 bits per heavy atom. The lowest BCUT2D eigenvalue weighted by Crippen LogP contribution is -2.15. The summed E-state index contributed by atoms with van der Waals surface area (Å²) in [6.07, 6.45) is 2.54. The van der Waals surface area contributed by atoms with E-state index in [1.54, 1.807) is 0 Å². The third-order valence-electron chi connectivity index (χ3n) is 2.36. The Morgan fingerprint density at radius 2 is 2.20 bits per heavy atom. The standard InChI is InChI=1S/C13H21NO/c1-11-6-4-8-13(10-11)15-12(2)7-5-9-14-3/h4,6,8,10,12,14H,5,7,9H2,1-3H3. The van der Waals surface area contributed by atoms with Gasteiger partial charge in [-0.1, -0.05) is 12.1 Å². The fourth-order valence-electron chi connectivity index (χ4n) is 1.55. The molecule has 84 valence electrons. The maximum absolute atomic E-state index is 5.81. The molecule has 2 nitrogen and oxygen atoms in total. The van der Waals surface area contributed by atoms with E-state index in [2.05, 4.69) is 31.3 Å². The average molecular weight is 207 g/mol. The van der Waals surface area contributed by atoms with Crippen LogP contribution in [-0.2, 0) is 0 Å². The molecule has 0 aliphatic carbocycles. The molecule has 1 aromatic carbocycles. The van der Waals surface area contributed by atoms with Gasteiger partial charge < -0.3 is 10.1 Å². The second kappa shape index (κ2) is 6.46. The summed E-state index contributed by atoms with van der Waals surface area (Å²) in [5, 5.41) is 3.14. The van der Waals surface area contributed by atoms with Crippen LogP contribution >= 0.6 is 0 Å². The highest BCUT2D eigenvalue weighted by molar-refractivity contribution is 5.27. The van der Waals surface area contributed by atoms with Crippen molar-refractivity contribution in [2.75, 3.05) is 13.6 Å². The molecule has 1 unspecified atom stereocenters. The van der Waals surface area contributed by atoms with Crippen molar-refractivity contribution < 1.29 is 4.74 Å². The summed E-state index contributed by atoms with van der Waals surface area (Å²) in [5.41, 5.74) is 1.25. The van der Waals surface area contributed by atoms with Gasteiger partial charge in [-0.15, -0.1) is 0 Å². The molecule has 0 aliphatic heterocycles. The van der Waals surface area contributed by atoms with Crippen molar-refractivity contribution >= 4 is 0 Å². The Labute approximate surface area is 92.6 Å². The third kappa shape index (κ3) is 4.84. The van der Waals surface area contributed by atoms with Gasteiger partial charge in [0, 0.05) is 0 Å². The minimum Gasteiger partial charge on any atom is -0.491 e. The Morgan fingerprint density at radius 3 is 2.87 bits per heavy atom. The molecule has 0 aliphatic rings. The number of nitrogens with one attached hydrogen (secondary N) is 1. The summed E-state index contributed by atoms with van der Waals surface area (Å²) in [5.74, 6) is 0.979. The lowest BCUT2D eigenvalue weighted by molar-refractivity contribution is 0.208. The van der Waals surface area contributed by atoms with Crippen LogP contribution in [0.15, 0.2) is 24.3 Å². The number of ether oxygens (including phenoxy) is 1. The van der Waals surface area contributed by atoms with Gasteiger partial charge in [-0.25, -0.2) is 0 Å². The van der Waals surface area contributed by atoms with Gasteiger partial charge in [0.05, 0.1) is 6.10 Å². The Bertz CT molecular complexity index is 286. The van der Waals surface area contributed by atoms with Crippen molar-refractivity contribution in [3.63, 3.8) is 0 Å². The predicted molar refractivity (Wildman–Crippen MR) is 64.4 cm³/mol. The predicted octanol–water partition coefficient (Wildman–Crippen LogP) is 2.76. The molecule has 0 spiro atoms. The van der Waals surface area contributed by atoms with Crippen LogP contribution < -0.4 is 10.1 Å². The zero-order chi connectivity index (χ0) is 11.1. The van der Waals surface area contributed by atoms with Crippen molar-refractivity contribution in [1.29, 1.82) is 0 Å². The quantitative estimate of drug-likeness (QED) is 0.724. The molecule has 0 bridgehead atoms. The first kappa shape index (κ1) is 12.1. The molecule has 1 aromatic rings. The van der Waals surface area contributed by atoms with E-state index in [0.29, 0.717) is 6.10 Å². The lowest BCUT2D eigenvalue weighted by atomic mass is 10.2. The van der Waals surface area contributed by atoms with Crippen molar-refractivity contribution in [2.24, 2.45) is 0 Å². The van der Waals surface area contributed by atoms with Crippen molar-refractivity contribution in [2.45, 2.75) is 32.8 Å². The van der Waals surface area contributed by atoms with Gasteiger partial charge >= 0.3 is 0 Å². The van der Waals surface area contributed by atoms with Gasteiger partial charge in [0.1, 0.15) is 5.75 Å². The molecular weight excluding hydrogens is 186 g/mol. The largest absolute Gasteiger partial charge is 0.491 e. The zero-order valence-corrected chi connectivity index (χ0v) is 9.92. The normalized spacial score (nSPS) is 12.5. The Balaban J connectivity index is 2.34. The van der Waals surface area contributed by atoms with E-state index in [0.717, 1.165) is 25.1 Å². The van der Waals surface area contributed by atoms with Crippen LogP contribution in [0.4, 0.5) is 0 Å². The molecule has 0 heterocycles. The highest BCUT2D eigenvalue weighted by Gasteiger charge is 2.03. The molecule has 15 heavy (non-hydrogen) atoms. The number of hydrogen-bond donors (Lipinski definition) is 1. The van der Waals surface area contributed by atoms with Crippen LogP contribution in [0.2, 0.25) is 0 Å². The monoisotopic (exact) mass is 207 g/mol. The molecule has 0 saturated heterocycles. The summed E-state index contributed by atoms with van der Waals surface area (Å²) in [6.45, 7) is 5.26. The van der Waals surface area contributed by atoms with Crippen LogP contribution in [0, 0.1) is 6.92 Å². The highest BCUT2D eigenvalue weighted by Crippen LogP contribution is 2.15. The number of rotatable bonds is 6. The summed E-state index contributed by atoms with van der Waals surface area (Å²) >= 11 is 0. The zero-order valence-electron chi connectivity index (χ0n) is 9.92. The Hall–Kier alpha value is -1.02. The summed E-state index contributed by atoms with van der Waals surface area (Å²) in [7, 11) is 1.98. The van der Waals surface area contributed by atoms with Crippen molar-refractivity contribution in [3.05, 3.63) is 29.8 Å². The second-order valence-corrected chi connectivity index (χ2v) is 3.99. The molecule has 1 atom stereocenters. The maximum atomic E-state index is 5.81. The number of aryl methyl sites for hydroxylation is 1. The molecule has 0 saturated carbocycles. The first-order valence-corrected chi connectivity index (χ1v) is 5.60. The number of benzene rings is 1. The molecule has 0 radical (unpaired) electrons.